The molecule has 2 aromatic heterocycles. The number of phenols is 1. The van der Waals surface area contributed by atoms with Crippen molar-refractivity contribution in [2.75, 3.05) is 17.2 Å². The minimum atomic E-state index is -4.25. The minimum absolute atomic E-state index is 0.134. The molecule has 34 heavy (non-hydrogen) atoms. The van der Waals surface area contributed by atoms with Crippen LogP contribution >= 0.6 is 0 Å². The molecule has 4 rings (SSSR count). The molecule has 0 aliphatic carbocycles. The third-order valence-electron chi connectivity index (χ3n) is 6.54. The number of phenolic OH excluding ortho intramolecular Hbond substituents is 1. The van der Waals surface area contributed by atoms with Crippen molar-refractivity contribution < 1.29 is 18.3 Å². The number of benzene rings is 1. The van der Waals surface area contributed by atoms with Crippen LogP contribution in [0.2, 0.25) is 0 Å². The molecule has 10 heteroatoms. The quantitative estimate of drug-likeness (QED) is 0.505. The number of carbonyl (C=O) groups excluding carboxylic acids is 1. The number of nitrogens with two attached hydrogens (primary N) is 1. The lowest BCUT2D eigenvalue weighted by Crippen LogP contribution is -2.43. The van der Waals surface area contributed by atoms with Crippen molar-refractivity contribution in [1.29, 1.82) is 0 Å². The van der Waals surface area contributed by atoms with Crippen LogP contribution < -0.4 is 15.4 Å². The number of anilines is 2. The number of amides is 1. The van der Waals surface area contributed by atoms with E-state index in [9.17, 15) is 18.3 Å². The van der Waals surface area contributed by atoms with E-state index in [1.54, 1.807) is 36.4 Å². The van der Waals surface area contributed by atoms with Crippen LogP contribution in [-0.2, 0) is 10.0 Å². The largest absolute Gasteiger partial charge is 0.508 e. The lowest BCUT2D eigenvalue weighted by Gasteiger charge is -2.36. The molecule has 3 aromatic rings. The number of nitrogen functional groups attached to an aromatic ring is 1. The van der Waals surface area contributed by atoms with Crippen molar-refractivity contribution in [1.82, 2.24) is 14.7 Å². The first-order chi connectivity index (χ1) is 16.0. The normalized spacial score (nSPS) is 17.5. The summed E-state index contributed by atoms with van der Waals surface area (Å²) in [7, 11) is -4.25. The van der Waals surface area contributed by atoms with E-state index in [1.165, 1.54) is 18.3 Å². The fourth-order valence-corrected chi connectivity index (χ4v) is 5.15. The zero-order valence-electron chi connectivity index (χ0n) is 19.2. The van der Waals surface area contributed by atoms with Crippen LogP contribution in [-0.4, -0.2) is 41.5 Å². The summed E-state index contributed by atoms with van der Waals surface area (Å²) in [5.74, 6) is -0.140. The Hall–Kier alpha value is -3.66. The predicted molar refractivity (Wildman–Crippen MR) is 130 cm³/mol. The molecule has 1 amide bonds. The highest BCUT2D eigenvalue weighted by Crippen LogP contribution is 2.39. The van der Waals surface area contributed by atoms with Crippen molar-refractivity contribution in [3.8, 4) is 17.0 Å². The smallest absolute Gasteiger partial charge is 0.268 e. The first-order valence-corrected chi connectivity index (χ1v) is 12.3. The number of nitrogens with one attached hydrogen (secondary N) is 1. The highest BCUT2D eigenvalue weighted by atomic mass is 32.2. The first-order valence-electron chi connectivity index (χ1n) is 10.9. The number of nitrogens with zero attached hydrogens (tertiary/aromatic N) is 3. The molecule has 0 spiro atoms. The van der Waals surface area contributed by atoms with Crippen molar-refractivity contribution in [2.24, 2.45) is 5.92 Å². The molecule has 3 heterocycles. The minimum Gasteiger partial charge on any atom is -0.508 e. The standard InChI is InChI=1S/C24H27N5O4S/c1-15-12-14-29(24(15,2)3)22-18(10-11-19(27-22)16-6-8-17(30)9-7-16)23(31)28-34(32,33)20-5-4-13-26-21(20)25/h4-11,13,15,30H,12,14H2,1-3H3,(H2,25,26)(H,28,31). The number of aromatic nitrogens is 2. The number of hydrogen-bond acceptors (Lipinski definition) is 8. The van der Waals surface area contributed by atoms with Gasteiger partial charge in [-0.1, -0.05) is 6.92 Å². The molecule has 178 valence electrons. The molecule has 1 saturated heterocycles. The number of aromatic hydroxyl groups is 1. The Morgan fingerprint density at radius 3 is 2.50 bits per heavy atom. The highest BCUT2D eigenvalue weighted by Gasteiger charge is 2.41. The number of rotatable bonds is 5. The average Bonchev–Trinajstić information content (AvgIpc) is 3.05. The van der Waals surface area contributed by atoms with Gasteiger partial charge in [0.05, 0.1) is 11.3 Å². The summed E-state index contributed by atoms with van der Waals surface area (Å²) in [6.45, 7) is 6.96. The Labute approximate surface area is 198 Å². The zero-order chi connectivity index (χ0) is 24.7. The molecule has 1 unspecified atom stereocenters. The summed E-state index contributed by atoms with van der Waals surface area (Å²) in [5.41, 5.74) is 6.90. The van der Waals surface area contributed by atoms with Crippen LogP contribution in [0.25, 0.3) is 11.3 Å². The summed E-state index contributed by atoms with van der Waals surface area (Å²) in [5, 5.41) is 9.62. The Morgan fingerprint density at radius 2 is 1.88 bits per heavy atom. The van der Waals surface area contributed by atoms with Gasteiger partial charge in [-0.25, -0.2) is 23.1 Å². The maximum absolute atomic E-state index is 13.3. The van der Waals surface area contributed by atoms with Crippen LogP contribution in [0.15, 0.2) is 59.6 Å². The van der Waals surface area contributed by atoms with E-state index < -0.39 is 15.9 Å². The first kappa shape index (κ1) is 23.5. The van der Waals surface area contributed by atoms with Crippen molar-refractivity contribution in [3.63, 3.8) is 0 Å². The summed E-state index contributed by atoms with van der Waals surface area (Å²) < 4.78 is 27.8. The van der Waals surface area contributed by atoms with Gasteiger partial charge in [-0.05, 0) is 74.7 Å². The third-order valence-corrected chi connectivity index (χ3v) is 7.92. The summed E-state index contributed by atoms with van der Waals surface area (Å²) in [4.78, 5) is 23.6. The Morgan fingerprint density at radius 1 is 1.18 bits per heavy atom. The molecule has 4 N–H and O–H groups in total. The SMILES string of the molecule is CC1CCN(c2nc(-c3ccc(O)cc3)ccc2C(=O)NS(=O)(=O)c2cccnc2N)C1(C)C. The fraction of sp³-hybridized carbons (Fsp3) is 0.292. The zero-order valence-corrected chi connectivity index (χ0v) is 20.0. The Bertz CT molecular complexity index is 1340. The van der Waals surface area contributed by atoms with Crippen molar-refractivity contribution in [2.45, 2.75) is 37.6 Å². The van der Waals surface area contributed by atoms with Gasteiger partial charge in [0.25, 0.3) is 15.9 Å². The lowest BCUT2D eigenvalue weighted by molar-refractivity contribution is 0.0981. The van der Waals surface area contributed by atoms with Gasteiger partial charge in [-0.15, -0.1) is 0 Å². The molecule has 1 aliphatic heterocycles. The summed E-state index contributed by atoms with van der Waals surface area (Å²) >= 11 is 0. The molecule has 1 aliphatic rings. The molecule has 9 nitrogen and oxygen atoms in total. The number of carbonyl (C=O) groups is 1. The van der Waals surface area contributed by atoms with E-state index in [-0.39, 0.29) is 27.6 Å². The second-order valence-electron chi connectivity index (χ2n) is 8.93. The van der Waals surface area contributed by atoms with Crippen molar-refractivity contribution >= 4 is 27.6 Å². The van der Waals surface area contributed by atoms with Gasteiger partial charge in [0.2, 0.25) is 0 Å². The van der Waals surface area contributed by atoms with E-state index in [2.05, 4.69) is 30.5 Å². The second-order valence-corrected chi connectivity index (χ2v) is 10.6. The van der Waals surface area contributed by atoms with E-state index in [0.29, 0.717) is 24.0 Å². The van der Waals surface area contributed by atoms with Gasteiger partial charge in [0, 0.05) is 23.8 Å². The molecule has 0 saturated carbocycles. The van der Waals surface area contributed by atoms with Gasteiger partial charge >= 0.3 is 0 Å². The Kier molecular flexibility index (Phi) is 5.94. The van der Waals surface area contributed by atoms with Gasteiger partial charge < -0.3 is 15.7 Å². The van der Waals surface area contributed by atoms with Gasteiger partial charge in [-0.2, -0.15) is 0 Å². The molecule has 1 aromatic carbocycles. The van der Waals surface area contributed by atoms with Gasteiger partial charge in [-0.3, -0.25) is 4.79 Å². The summed E-state index contributed by atoms with van der Waals surface area (Å²) in [6.07, 6.45) is 2.28. The van der Waals surface area contributed by atoms with Crippen LogP contribution in [0.3, 0.4) is 0 Å². The average molecular weight is 482 g/mol. The van der Waals surface area contributed by atoms with E-state index in [0.717, 1.165) is 12.0 Å². The van der Waals surface area contributed by atoms with E-state index in [1.807, 2.05) is 4.90 Å². The molecular formula is C24H27N5O4S. The molecule has 0 radical (unpaired) electrons. The number of pyridine rings is 2. The number of hydrogen-bond donors (Lipinski definition) is 3. The van der Waals surface area contributed by atoms with Crippen LogP contribution in [0.4, 0.5) is 11.6 Å². The van der Waals surface area contributed by atoms with Crippen molar-refractivity contribution in [3.05, 3.63) is 60.3 Å². The number of sulfonamides is 1. The van der Waals surface area contributed by atoms with Gasteiger partial charge in [0.15, 0.2) is 0 Å². The maximum Gasteiger partial charge on any atom is 0.268 e. The van der Waals surface area contributed by atoms with Gasteiger partial charge in [0.1, 0.15) is 22.3 Å². The molecule has 1 atom stereocenters. The lowest BCUT2D eigenvalue weighted by atomic mass is 9.90. The third kappa shape index (κ3) is 4.28. The highest BCUT2D eigenvalue weighted by molar-refractivity contribution is 7.90. The summed E-state index contributed by atoms with van der Waals surface area (Å²) in [6, 6.07) is 12.5. The maximum atomic E-state index is 13.3. The predicted octanol–water partition coefficient (Wildman–Crippen LogP) is 3.17. The van der Waals surface area contributed by atoms with E-state index >= 15 is 0 Å². The second kappa shape index (κ2) is 8.60. The topological polar surface area (TPSA) is 139 Å². The fourth-order valence-electron chi connectivity index (χ4n) is 4.10. The molecule has 1 fully saturated rings. The van der Waals surface area contributed by atoms with Crippen LogP contribution in [0.5, 0.6) is 5.75 Å². The molecule has 0 bridgehead atoms. The van der Waals surface area contributed by atoms with Crippen LogP contribution in [0.1, 0.15) is 37.6 Å². The monoisotopic (exact) mass is 481 g/mol. The molecular weight excluding hydrogens is 454 g/mol. The van der Waals surface area contributed by atoms with Crippen LogP contribution in [0, 0.1) is 5.92 Å². The van der Waals surface area contributed by atoms with E-state index in [4.69, 9.17) is 10.7 Å². The Balaban J connectivity index is 1.78.